The van der Waals surface area contributed by atoms with Crippen LogP contribution in [0.4, 0.5) is 20.2 Å². The number of nitrogens with zero attached hydrogens (tertiary/aromatic N) is 1. The lowest BCUT2D eigenvalue weighted by molar-refractivity contribution is -0.118. The molecule has 0 aromatic heterocycles. The van der Waals surface area contributed by atoms with Crippen molar-refractivity contribution in [1.29, 1.82) is 0 Å². The molecular weight excluding hydrogens is 226 g/mol. The molecule has 0 spiro atoms. The summed E-state index contributed by atoms with van der Waals surface area (Å²) in [7, 11) is 0. The van der Waals surface area contributed by atoms with Crippen molar-refractivity contribution < 1.29 is 13.6 Å². The number of carbonyl (C=O) groups is 1. The van der Waals surface area contributed by atoms with E-state index in [-0.39, 0.29) is 17.3 Å². The van der Waals surface area contributed by atoms with Crippen LogP contribution in [0.3, 0.4) is 0 Å². The molecule has 92 valence electrons. The normalized spacial score (nSPS) is 17.1. The molecule has 0 radical (unpaired) electrons. The van der Waals surface area contributed by atoms with Crippen LogP contribution >= 0.6 is 0 Å². The number of anilines is 2. The molecule has 1 amide bonds. The zero-order chi connectivity index (χ0) is 12.4. The van der Waals surface area contributed by atoms with Crippen molar-refractivity contribution in [2.75, 3.05) is 17.2 Å². The molecule has 1 saturated heterocycles. The van der Waals surface area contributed by atoms with E-state index in [0.717, 1.165) is 25.3 Å². The predicted octanol–water partition coefficient (Wildman–Crippen LogP) is 2.45. The first kappa shape index (κ1) is 11.8. The van der Waals surface area contributed by atoms with Gasteiger partial charge in [0.15, 0.2) is 11.6 Å². The van der Waals surface area contributed by atoms with Gasteiger partial charge in [-0.2, -0.15) is 0 Å². The number of hydrogen-bond acceptors (Lipinski definition) is 2. The summed E-state index contributed by atoms with van der Waals surface area (Å²) in [5, 5.41) is 0. The number of nitrogen functional groups attached to an aromatic ring is 1. The second kappa shape index (κ2) is 4.69. The van der Waals surface area contributed by atoms with Crippen LogP contribution in [-0.2, 0) is 4.79 Å². The molecule has 5 heteroatoms. The first-order chi connectivity index (χ1) is 8.11. The topological polar surface area (TPSA) is 46.3 Å². The Bertz CT molecular complexity index is 448. The summed E-state index contributed by atoms with van der Waals surface area (Å²) in [5.74, 6) is -2.22. The Morgan fingerprint density at radius 2 is 1.94 bits per heavy atom. The number of hydrogen-bond donors (Lipinski definition) is 1. The largest absolute Gasteiger partial charge is 0.397 e. The number of rotatable bonds is 1. The van der Waals surface area contributed by atoms with Gasteiger partial charge in [-0.1, -0.05) is 6.42 Å². The zero-order valence-electron chi connectivity index (χ0n) is 9.38. The highest BCUT2D eigenvalue weighted by Gasteiger charge is 2.24. The molecule has 1 heterocycles. The van der Waals surface area contributed by atoms with Gasteiger partial charge >= 0.3 is 0 Å². The molecule has 17 heavy (non-hydrogen) atoms. The SMILES string of the molecule is Nc1ccc(F)c(F)c1N1CCCCCC1=O. The monoisotopic (exact) mass is 240 g/mol. The second-order valence-corrected chi connectivity index (χ2v) is 4.16. The van der Waals surface area contributed by atoms with Crippen molar-refractivity contribution >= 4 is 17.3 Å². The van der Waals surface area contributed by atoms with Crippen LogP contribution in [-0.4, -0.2) is 12.5 Å². The molecule has 0 atom stereocenters. The molecule has 1 aromatic carbocycles. The Morgan fingerprint density at radius 3 is 2.71 bits per heavy atom. The fourth-order valence-corrected chi connectivity index (χ4v) is 2.05. The van der Waals surface area contributed by atoms with Crippen molar-refractivity contribution in [3.63, 3.8) is 0 Å². The van der Waals surface area contributed by atoms with Crippen LogP contribution in [0.25, 0.3) is 0 Å². The van der Waals surface area contributed by atoms with Gasteiger partial charge in [0.2, 0.25) is 5.91 Å². The van der Waals surface area contributed by atoms with Gasteiger partial charge in [0, 0.05) is 13.0 Å². The van der Waals surface area contributed by atoms with Crippen LogP contribution in [0.15, 0.2) is 12.1 Å². The summed E-state index contributed by atoms with van der Waals surface area (Å²) in [4.78, 5) is 13.1. The van der Waals surface area contributed by atoms with Gasteiger partial charge in [-0.15, -0.1) is 0 Å². The number of benzene rings is 1. The van der Waals surface area contributed by atoms with Crippen molar-refractivity contribution in [3.05, 3.63) is 23.8 Å². The molecule has 0 saturated carbocycles. The highest BCUT2D eigenvalue weighted by Crippen LogP contribution is 2.30. The second-order valence-electron chi connectivity index (χ2n) is 4.16. The lowest BCUT2D eigenvalue weighted by atomic mass is 10.2. The van der Waals surface area contributed by atoms with Gasteiger partial charge in [0.25, 0.3) is 0 Å². The highest BCUT2D eigenvalue weighted by atomic mass is 19.2. The molecule has 0 aliphatic carbocycles. The first-order valence-electron chi connectivity index (χ1n) is 5.65. The molecule has 2 N–H and O–H groups in total. The van der Waals surface area contributed by atoms with Crippen molar-refractivity contribution in [3.8, 4) is 0 Å². The number of carbonyl (C=O) groups excluding carboxylic acids is 1. The Labute approximate surface area is 98.2 Å². The number of amides is 1. The highest BCUT2D eigenvalue weighted by molar-refractivity contribution is 5.96. The van der Waals surface area contributed by atoms with E-state index < -0.39 is 11.6 Å². The zero-order valence-corrected chi connectivity index (χ0v) is 9.38. The molecule has 1 aliphatic rings. The molecule has 1 aliphatic heterocycles. The number of halogens is 2. The van der Waals surface area contributed by atoms with E-state index in [9.17, 15) is 13.6 Å². The van der Waals surface area contributed by atoms with Gasteiger partial charge in [-0.05, 0) is 25.0 Å². The summed E-state index contributed by atoms with van der Waals surface area (Å²) in [6.07, 6.45) is 2.84. The van der Waals surface area contributed by atoms with Crippen LogP contribution < -0.4 is 10.6 Å². The van der Waals surface area contributed by atoms with E-state index in [0.29, 0.717) is 13.0 Å². The van der Waals surface area contributed by atoms with Crippen molar-refractivity contribution in [2.24, 2.45) is 0 Å². The van der Waals surface area contributed by atoms with Crippen LogP contribution in [0.5, 0.6) is 0 Å². The van der Waals surface area contributed by atoms with Gasteiger partial charge in [-0.3, -0.25) is 4.79 Å². The molecule has 3 nitrogen and oxygen atoms in total. The molecular formula is C12H14F2N2O. The predicted molar refractivity (Wildman–Crippen MR) is 61.6 cm³/mol. The maximum Gasteiger partial charge on any atom is 0.227 e. The fourth-order valence-electron chi connectivity index (χ4n) is 2.05. The van der Waals surface area contributed by atoms with Crippen LogP contribution in [0, 0.1) is 11.6 Å². The van der Waals surface area contributed by atoms with Crippen LogP contribution in [0.2, 0.25) is 0 Å². The van der Waals surface area contributed by atoms with Gasteiger partial charge in [0.1, 0.15) is 5.69 Å². The average Bonchev–Trinajstić information content (AvgIpc) is 2.50. The molecule has 1 fully saturated rings. The summed E-state index contributed by atoms with van der Waals surface area (Å²) in [5.41, 5.74) is 5.62. The smallest absolute Gasteiger partial charge is 0.227 e. The average molecular weight is 240 g/mol. The summed E-state index contributed by atoms with van der Waals surface area (Å²) >= 11 is 0. The standard InChI is InChI=1S/C12H14F2N2O/c13-8-5-6-9(15)12(11(8)14)16-7-3-1-2-4-10(16)17/h5-6H,1-4,7,15H2. The third-order valence-corrected chi connectivity index (χ3v) is 2.94. The van der Waals surface area contributed by atoms with E-state index in [4.69, 9.17) is 5.73 Å². The van der Waals surface area contributed by atoms with E-state index in [2.05, 4.69) is 0 Å². The third-order valence-electron chi connectivity index (χ3n) is 2.94. The molecule has 1 aromatic rings. The van der Waals surface area contributed by atoms with Crippen molar-refractivity contribution in [2.45, 2.75) is 25.7 Å². The summed E-state index contributed by atoms with van der Waals surface area (Å²) in [6, 6.07) is 2.25. The number of nitrogens with two attached hydrogens (primary N) is 1. The maximum absolute atomic E-state index is 13.7. The van der Waals surface area contributed by atoms with E-state index in [1.54, 1.807) is 0 Å². The lowest BCUT2D eigenvalue weighted by Gasteiger charge is -2.22. The molecule has 0 bridgehead atoms. The van der Waals surface area contributed by atoms with Crippen LogP contribution in [0.1, 0.15) is 25.7 Å². The first-order valence-corrected chi connectivity index (χ1v) is 5.65. The third kappa shape index (κ3) is 2.23. The fraction of sp³-hybridized carbons (Fsp3) is 0.417. The lowest BCUT2D eigenvalue weighted by Crippen LogP contribution is -2.31. The molecule has 0 unspecified atom stereocenters. The van der Waals surface area contributed by atoms with E-state index in [1.807, 2.05) is 0 Å². The summed E-state index contributed by atoms with van der Waals surface area (Å²) in [6.45, 7) is 0.392. The Morgan fingerprint density at radius 1 is 1.18 bits per heavy atom. The molecule has 2 rings (SSSR count). The quantitative estimate of drug-likeness (QED) is 0.766. The van der Waals surface area contributed by atoms with Gasteiger partial charge < -0.3 is 10.6 Å². The Balaban J connectivity index is 2.44. The van der Waals surface area contributed by atoms with E-state index in [1.165, 1.54) is 11.0 Å². The van der Waals surface area contributed by atoms with E-state index >= 15 is 0 Å². The minimum Gasteiger partial charge on any atom is -0.397 e. The van der Waals surface area contributed by atoms with Gasteiger partial charge in [0.05, 0.1) is 5.69 Å². The maximum atomic E-state index is 13.7. The minimum absolute atomic E-state index is 0.0964. The summed E-state index contributed by atoms with van der Waals surface area (Å²) < 4.78 is 26.9. The van der Waals surface area contributed by atoms with Crippen molar-refractivity contribution in [1.82, 2.24) is 0 Å². The minimum atomic E-state index is -1.04. The Hall–Kier alpha value is -1.65. The Kier molecular flexibility index (Phi) is 3.26. The van der Waals surface area contributed by atoms with Gasteiger partial charge in [-0.25, -0.2) is 8.78 Å².